The molecule has 3 nitrogen and oxygen atoms in total. The van der Waals surface area contributed by atoms with E-state index in [4.69, 9.17) is 10.8 Å². The molecule has 118 valence electrons. The van der Waals surface area contributed by atoms with Crippen LogP contribution in [-0.2, 0) is 11.2 Å². The highest BCUT2D eigenvalue weighted by Gasteiger charge is 2.20. The van der Waals surface area contributed by atoms with Crippen molar-refractivity contribution in [2.75, 3.05) is 6.54 Å². The van der Waals surface area contributed by atoms with Gasteiger partial charge in [0.25, 0.3) is 0 Å². The summed E-state index contributed by atoms with van der Waals surface area (Å²) in [7, 11) is 0. The number of nitrogens with two attached hydrogens (primary N) is 1. The minimum Gasteiger partial charge on any atom is -0.481 e. The maximum absolute atomic E-state index is 13.1. The van der Waals surface area contributed by atoms with Crippen molar-refractivity contribution in [3.05, 3.63) is 35.4 Å². The molecule has 1 aromatic rings. The van der Waals surface area contributed by atoms with E-state index in [1.165, 1.54) is 6.07 Å². The van der Waals surface area contributed by atoms with Crippen LogP contribution in [0.2, 0.25) is 0 Å². The molecule has 1 aromatic carbocycles. The highest BCUT2D eigenvalue weighted by Crippen LogP contribution is 2.22. The van der Waals surface area contributed by atoms with Crippen molar-refractivity contribution in [1.29, 1.82) is 0 Å². The average molecular weight is 299 g/mol. The van der Waals surface area contributed by atoms with Crippen molar-refractivity contribution in [1.82, 2.24) is 0 Å². The molecule has 5 heteroatoms. The lowest BCUT2D eigenvalue weighted by Crippen LogP contribution is -2.25. The Balaban J connectivity index is 2.44. The molecular formula is C16H23F2NO2. The van der Waals surface area contributed by atoms with Gasteiger partial charge in [-0.15, -0.1) is 0 Å². The molecule has 1 rings (SSSR count). The molecule has 0 aliphatic heterocycles. The smallest absolute Gasteiger partial charge is 0.307 e. The summed E-state index contributed by atoms with van der Waals surface area (Å²) in [6, 6.07) is 3.94. The van der Waals surface area contributed by atoms with Gasteiger partial charge in [0.1, 0.15) is 0 Å². The normalized spacial score (nSPS) is 13.9. The molecule has 3 N–H and O–H groups in total. The maximum atomic E-state index is 13.1. The third kappa shape index (κ3) is 5.79. The Morgan fingerprint density at radius 3 is 2.57 bits per heavy atom. The fourth-order valence-electron chi connectivity index (χ4n) is 2.48. The largest absolute Gasteiger partial charge is 0.481 e. The van der Waals surface area contributed by atoms with Gasteiger partial charge in [0.05, 0.1) is 5.92 Å². The number of hydrogen-bond acceptors (Lipinski definition) is 2. The Morgan fingerprint density at radius 2 is 2.05 bits per heavy atom. The fourth-order valence-corrected chi connectivity index (χ4v) is 2.48. The first-order chi connectivity index (χ1) is 9.97. The molecule has 0 aromatic heterocycles. The summed E-state index contributed by atoms with van der Waals surface area (Å²) in [5, 5.41) is 9.02. The van der Waals surface area contributed by atoms with E-state index in [2.05, 4.69) is 0 Å². The summed E-state index contributed by atoms with van der Waals surface area (Å²) in [6.07, 6.45) is 3.80. The van der Waals surface area contributed by atoms with E-state index in [1.54, 1.807) is 6.07 Å². The van der Waals surface area contributed by atoms with Crippen LogP contribution in [0.5, 0.6) is 0 Å². The Bertz CT molecular complexity index is 466. The van der Waals surface area contributed by atoms with Crippen molar-refractivity contribution in [3.8, 4) is 0 Å². The van der Waals surface area contributed by atoms with Crippen LogP contribution in [0.4, 0.5) is 8.78 Å². The van der Waals surface area contributed by atoms with Gasteiger partial charge in [-0.3, -0.25) is 4.79 Å². The molecule has 2 unspecified atom stereocenters. The lowest BCUT2D eigenvalue weighted by molar-refractivity contribution is -0.142. The molecule has 0 bridgehead atoms. The van der Waals surface area contributed by atoms with Gasteiger partial charge in [-0.2, -0.15) is 0 Å². The number of carbonyl (C=O) groups is 1. The second-order valence-electron chi connectivity index (χ2n) is 5.42. The number of halogens is 2. The molecule has 0 radical (unpaired) electrons. The molecular weight excluding hydrogens is 276 g/mol. The molecule has 0 amide bonds. The zero-order valence-corrected chi connectivity index (χ0v) is 12.3. The van der Waals surface area contributed by atoms with E-state index in [1.807, 2.05) is 6.92 Å². The van der Waals surface area contributed by atoms with E-state index in [0.717, 1.165) is 30.9 Å². The van der Waals surface area contributed by atoms with Crippen molar-refractivity contribution in [2.45, 2.75) is 39.0 Å². The lowest BCUT2D eigenvalue weighted by Gasteiger charge is -2.18. The molecule has 0 saturated carbocycles. The second kappa shape index (κ2) is 8.72. The van der Waals surface area contributed by atoms with Crippen LogP contribution in [0, 0.1) is 23.5 Å². The number of benzene rings is 1. The number of hydrogen-bond donors (Lipinski definition) is 2. The van der Waals surface area contributed by atoms with E-state index < -0.39 is 23.5 Å². The minimum atomic E-state index is -0.850. The van der Waals surface area contributed by atoms with Gasteiger partial charge in [0.15, 0.2) is 11.6 Å². The highest BCUT2D eigenvalue weighted by molar-refractivity contribution is 5.70. The highest BCUT2D eigenvalue weighted by atomic mass is 19.2. The minimum absolute atomic E-state index is 0.148. The second-order valence-corrected chi connectivity index (χ2v) is 5.42. The van der Waals surface area contributed by atoms with E-state index in [-0.39, 0.29) is 6.54 Å². The molecule has 2 atom stereocenters. The molecule has 0 aliphatic rings. The number of aliphatic carboxylic acids is 1. The SMILES string of the molecule is CCC(CCCc1ccc(F)c(F)c1)CC(CN)C(=O)O. The fraction of sp³-hybridized carbons (Fsp3) is 0.562. The van der Waals surface area contributed by atoms with Crippen molar-refractivity contribution < 1.29 is 18.7 Å². The number of aryl methyl sites for hydroxylation is 1. The zero-order chi connectivity index (χ0) is 15.8. The first kappa shape index (κ1) is 17.6. The predicted octanol–water partition coefficient (Wildman–Crippen LogP) is 3.36. The molecule has 0 heterocycles. The van der Waals surface area contributed by atoms with Crippen LogP contribution in [-0.4, -0.2) is 17.6 Å². The Hall–Kier alpha value is -1.49. The predicted molar refractivity (Wildman–Crippen MR) is 77.9 cm³/mol. The first-order valence-corrected chi connectivity index (χ1v) is 7.34. The average Bonchev–Trinajstić information content (AvgIpc) is 2.46. The van der Waals surface area contributed by atoms with Crippen LogP contribution in [0.25, 0.3) is 0 Å². The number of carboxylic acids is 1. The van der Waals surface area contributed by atoms with Crippen LogP contribution >= 0.6 is 0 Å². The summed E-state index contributed by atoms with van der Waals surface area (Å²) in [6.45, 7) is 2.17. The summed E-state index contributed by atoms with van der Waals surface area (Å²) < 4.78 is 25.9. The standard InChI is InChI=1S/C16H23F2NO2/c1-2-11(8-13(10-19)16(20)21)4-3-5-12-6-7-14(17)15(18)9-12/h6-7,9,11,13H,2-5,8,10,19H2,1H3,(H,20,21). The van der Waals surface area contributed by atoms with Gasteiger partial charge in [-0.1, -0.05) is 25.8 Å². The van der Waals surface area contributed by atoms with Crippen LogP contribution in [0.1, 0.15) is 38.2 Å². The maximum Gasteiger partial charge on any atom is 0.307 e. The molecule has 0 saturated heterocycles. The quantitative estimate of drug-likeness (QED) is 0.735. The third-order valence-electron chi connectivity index (χ3n) is 3.89. The van der Waals surface area contributed by atoms with Gasteiger partial charge < -0.3 is 10.8 Å². The summed E-state index contributed by atoms with van der Waals surface area (Å²) in [5.41, 5.74) is 6.23. The van der Waals surface area contributed by atoms with Crippen molar-refractivity contribution in [2.24, 2.45) is 17.6 Å². The summed E-state index contributed by atoms with van der Waals surface area (Å²) in [5.74, 6) is -2.72. The van der Waals surface area contributed by atoms with Crippen LogP contribution < -0.4 is 5.73 Å². The number of rotatable bonds is 9. The molecule has 0 spiro atoms. The first-order valence-electron chi connectivity index (χ1n) is 7.34. The van der Waals surface area contributed by atoms with Gasteiger partial charge in [0.2, 0.25) is 0 Å². The van der Waals surface area contributed by atoms with Crippen LogP contribution in [0.15, 0.2) is 18.2 Å². The number of carboxylic acid groups (broad SMARTS) is 1. The van der Waals surface area contributed by atoms with Gasteiger partial charge >= 0.3 is 5.97 Å². The van der Waals surface area contributed by atoms with Gasteiger partial charge in [0, 0.05) is 6.54 Å². The van der Waals surface area contributed by atoms with Crippen LogP contribution in [0.3, 0.4) is 0 Å². The third-order valence-corrected chi connectivity index (χ3v) is 3.89. The topological polar surface area (TPSA) is 63.3 Å². The van der Waals surface area contributed by atoms with E-state index >= 15 is 0 Å². The lowest BCUT2D eigenvalue weighted by atomic mass is 9.88. The Morgan fingerprint density at radius 1 is 1.33 bits per heavy atom. The van der Waals surface area contributed by atoms with E-state index in [9.17, 15) is 13.6 Å². The Labute approximate surface area is 124 Å². The zero-order valence-electron chi connectivity index (χ0n) is 12.3. The van der Waals surface area contributed by atoms with Gasteiger partial charge in [-0.05, 0) is 42.9 Å². The Kier molecular flexibility index (Phi) is 7.29. The summed E-state index contributed by atoms with van der Waals surface area (Å²) in [4.78, 5) is 11.0. The monoisotopic (exact) mass is 299 g/mol. The van der Waals surface area contributed by atoms with Crippen molar-refractivity contribution >= 4 is 5.97 Å². The molecule has 21 heavy (non-hydrogen) atoms. The van der Waals surface area contributed by atoms with E-state index in [0.29, 0.717) is 18.8 Å². The van der Waals surface area contributed by atoms with Crippen molar-refractivity contribution in [3.63, 3.8) is 0 Å². The molecule has 0 fully saturated rings. The molecule has 0 aliphatic carbocycles. The summed E-state index contributed by atoms with van der Waals surface area (Å²) >= 11 is 0. The van der Waals surface area contributed by atoms with Gasteiger partial charge in [-0.25, -0.2) is 8.78 Å².